The maximum atomic E-state index is 12.6. The predicted molar refractivity (Wildman–Crippen MR) is 95.1 cm³/mol. The molecule has 3 N–H and O–H groups in total. The van der Waals surface area contributed by atoms with Gasteiger partial charge in [0.15, 0.2) is 0 Å². The molecule has 0 atom stereocenters. The molecular weight excluding hydrogens is 300 g/mol. The molecular formula is C19H18N4O. The molecule has 2 amide bonds. The van der Waals surface area contributed by atoms with Crippen LogP contribution in [-0.4, -0.2) is 15.9 Å². The third-order valence-electron chi connectivity index (χ3n) is 4.45. The van der Waals surface area contributed by atoms with E-state index in [9.17, 15) is 4.79 Å². The number of aromatic nitrogens is 1. The summed E-state index contributed by atoms with van der Waals surface area (Å²) in [7, 11) is 0. The number of amides is 2. The van der Waals surface area contributed by atoms with Crippen LogP contribution in [0.5, 0.6) is 0 Å². The summed E-state index contributed by atoms with van der Waals surface area (Å²) >= 11 is 0. The molecule has 1 aromatic carbocycles. The van der Waals surface area contributed by atoms with Gasteiger partial charge in [-0.1, -0.05) is 24.3 Å². The monoisotopic (exact) mass is 318 g/mol. The lowest BCUT2D eigenvalue weighted by Crippen LogP contribution is -2.30. The molecule has 0 saturated carbocycles. The van der Waals surface area contributed by atoms with E-state index in [1.807, 2.05) is 36.5 Å². The van der Waals surface area contributed by atoms with Crippen LogP contribution in [0.25, 0.3) is 5.57 Å². The summed E-state index contributed by atoms with van der Waals surface area (Å²) in [4.78, 5) is 18.5. The van der Waals surface area contributed by atoms with E-state index in [1.54, 1.807) is 11.1 Å². The van der Waals surface area contributed by atoms with Crippen molar-refractivity contribution in [1.82, 2.24) is 9.88 Å². The van der Waals surface area contributed by atoms with Crippen LogP contribution >= 0.6 is 0 Å². The smallest absolute Gasteiger partial charge is 0.322 e. The van der Waals surface area contributed by atoms with Gasteiger partial charge in [0.05, 0.1) is 11.4 Å². The predicted octanol–water partition coefficient (Wildman–Crippen LogP) is 3.55. The molecule has 2 heterocycles. The normalized spacial score (nSPS) is 15.3. The van der Waals surface area contributed by atoms with Crippen molar-refractivity contribution in [3.05, 3.63) is 71.6 Å². The molecule has 0 saturated heterocycles. The summed E-state index contributed by atoms with van der Waals surface area (Å²) in [5.41, 5.74) is 11.8. The van der Waals surface area contributed by atoms with Crippen LogP contribution in [0.3, 0.4) is 0 Å². The molecule has 2 aromatic rings. The fourth-order valence-electron chi connectivity index (χ4n) is 3.08. The van der Waals surface area contributed by atoms with Crippen LogP contribution in [0.2, 0.25) is 0 Å². The summed E-state index contributed by atoms with van der Waals surface area (Å²) in [6.07, 6.45) is 10.7. The van der Waals surface area contributed by atoms with Crippen molar-refractivity contribution < 1.29 is 4.79 Å². The average molecular weight is 318 g/mol. The van der Waals surface area contributed by atoms with Crippen molar-refractivity contribution in [2.24, 2.45) is 0 Å². The van der Waals surface area contributed by atoms with E-state index in [0.717, 1.165) is 23.1 Å². The molecule has 2 aliphatic rings. The van der Waals surface area contributed by atoms with E-state index in [1.165, 1.54) is 5.57 Å². The van der Waals surface area contributed by atoms with Crippen molar-refractivity contribution in [1.29, 1.82) is 0 Å². The van der Waals surface area contributed by atoms with Crippen LogP contribution in [-0.2, 0) is 13.1 Å². The van der Waals surface area contributed by atoms with Crippen LogP contribution in [0.15, 0.2) is 54.9 Å². The second kappa shape index (κ2) is 5.85. The number of benzene rings is 1. The summed E-state index contributed by atoms with van der Waals surface area (Å²) in [6, 6.07) is 7.58. The first kappa shape index (κ1) is 14.5. The minimum Gasteiger partial charge on any atom is -0.397 e. The molecule has 0 fully saturated rings. The van der Waals surface area contributed by atoms with E-state index < -0.39 is 0 Å². The number of allylic oxidation sites excluding steroid dienone is 4. The van der Waals surface area contributed by atoms with Gasteiger partial charge in [-0.3, -0.25) is 4.98 Å². The third kappa shape index (κ3) is 2.65. The SMILES string of the molecule is Nc1ccc(C2=CC=CC2)cc1NC(=O)N1Cc2ccncc2C1. The molecule has 0 radical (unpaired) electrons. The summed E-state index contributed by atoms with van der Waals surface area (Å²) in [5, 5.41) is 2.94. The third-order valence-corrected chi connectivity index (χ3v) is 4.45. The summed E-state index contributed by atoms with van der Waals surface area (Å²) in [5.74, 6) is 0. The molecule has 4 rings (SSSR count). The topological polar surface area (TPSA) is 71.2 Å². The van der Waals surface area contributed by atoms with Crippen molar-refractivity contribution in [2.45, 2.75) is 19.5 Å². The molecule has 24 heavy (non-hydrogen) atoms. The first-order valence-corrected chi connectivity index (χ1v) is 7.94. The van der Waals surface area contributed by atoms with Crippen LogP contribution < -0.4 is 11.1 Å². The lowest BCUT2D eigenvalue weighted by molar-refractivity contribution is 0.212. The van der Waals surface area contributed by atoms with E-state index in [-0.39, 0.29) is 6.03 Å². The number of rotatable bonds is 2. The highest BCUT2D eigenvalue weighted by Crippen LogP contribution is 2.29. The zero-order chi connectivity index (χ0) is 16.5. The Hall–Kier alpha value is -3.08. The Labute approximate surface area is 140 Å². The Morgan fingerprint density at radius 3 is 2.88 bits per heavy atom. The number of hydrogen-bond donors (Lipinski definition) is 2. The van der Waals surface area contributed by atoms with E-state index in [4.69, 9.17) is 5.73 Å². The molecule has 5 nitrogen and oxygen atoms in total. The van der Waals surface area contributed by atoms with Gasteiger partial charge in [-0.05, 0) is 46.9 Å². The van der Waals surface area contributed by atoms with Crippen molar-refractivity contribution in [2.75, 3.05) is 11.1 Å². The molecule has 1 aliphatic carbocycles. The quantitative estimate of drug-likeness (QED) is 0.832. The van der Waals surface area contributed by atoms with Gasteiger partial charge in [-0.15, -0.1) is 0 Å². The standard InChI is InChI=1S/C19H18N4O/c20-17-6-5-14(13-3-1-2-4-13)9-18(17)22-19(24)23-11-15-7-8-21-10-16(15)12-23/h1-3,5-10H,4,11-12,20H2,(H,22,24). The largest absolute Gasteiger partial charge is 0.397 e. The van der Waals surface area contributed by atoms with Crippen molar-refractivity contribution >= 4 is 23.0 Å². The van der Waals surface area contributed by atoms with Crippen LogP contribution in [0.1, 0.15) is 23.1 Å². The fourth-order valence-corrected chi connectivity index (χ4v) is 3.08. The highest BCUT2D eigenvalue weighted by Gasteiger charge is 2.23. The Balaban J connectivity index is 1.51. The number of nitrogens with zero attached hydrogens (tertiary/aromatic N) is 2. The second-order valence-electron chi connectivity index (χ2n) is 6.06. The number of carbonyl (C=O) groups is 1. The molecule has 1 aliphatic heterocycles. The lowest BCUT2D eigenvalue weighted by Gasteiger charge is -2.18. The van der Waals surface area contributed by atoms with Gasteiger partial charge >= 0.3 is 6.03 Å². The minimum atomic E-state index is -0.145. The Morgan fingerprint density at radius 2 is 2.08 bits per heavy atom. The van der Waals surface area contributed by atoms with Gasteiger partial charge in [-0.2, -0.15) is 0 Å². The number of hydrogen-bond acceptors (Lipinski definition) is 3. The lowest BCUT2D eigenvalue weighted by atomic mass is 10.0. The molecule has 5 heteroatoms. The molecule has 0 spiro atoms. The van der Waals surface area contributed by atoms with Gasteiger partial charge in [0, 0.05) is 25.5 Å². The van der Waals surface area contributed by atoms with Gasteiger partial charge in [0.25, 0.3) is 0 Å². The Morgan fingerprint density at radius 1 is 1.21 bits per heavy atom. The number of anilines is 2. The van der Waals surface area contributed by atoms with Crippen LogP contribution in [0.4, 0.5) is 16.2 Å². The number of nitrogen functional groups attached to an aromatic ring is 1. The fraction of sp³-hybridized carbons (Fsp3) is 0.158. The highest BCUT2D eigenvalue weighted by molar-refractivity contribution is 5.94. The molecule has 0 unspecified atom stereocenters. The number of nitrogens with one attached hydrogen (secondary N) is 1. The Kier molecular flexibility index (Phi) is 3.54. The average Bonchev–Trinajstić information content (AvgIpc) is 3.26. The van der Waals surface area contributed by atoms with Gasteiger partial charge in [0.2, 0.25) is 0 Å². The number of pyridine rings is 1. The van der Waals surface area contributed by atoms with Gasteiger partial charge in [-0.25, -0.2) is 4.79 Å². The number of carbonyl (C=O) groups excluding carboxylic acids is 1. The summed E-state index contributed by atoms with van der Waals surface area (Å²) < 4.78 is 0. The van der Waals surface area contributed by atoms with Gasteiger partial charge in [0.1, 0.15) is 0 Å². The Bertz CT molecular complexity index is 844. The molecule has 120 valence electrons. The van der Waals surface area contributed by atoms with Crippen molar-refractivity contribution in [3.63, 3.8) is 0 Å². The minimum absolute atomic E-state index is 0.145. The summed E-state index contributed by atoms with van der Waals surface area (Å²) in [6.45, 7) is 1.17. The van der Waals surface area contributed by atoms with E-state index in [0.29, 0.717) is 24.5 Å². The number of urea groups is 1. The van der Waals surface area contributed by atoms with E-state index in [2.05, 4.69) is 22.5 Å². The molecule has 1 aromatic heterocycles. The maximum absolute atomic E-state index is 12.6. The highest BCUT2D eigenvalue weighted by atomic mass is 16.2. The first-order valence-electron chi connectivity index (χ1n) is 7.94. The second-order valence-corrected chi connectivity index (χ2v) is 6.06. The van der Waals surface area contributed by atoms with Gasteiger partial charge < -0.3 is 16.0 Å². The zero-order valence-corrected chi connectivity index (χ0v) is 13.2. The molecule has 0 bridgehead atoms. The van der Waals surface area contributed by atoms with Crippen molar-refractivity contribution in [3.8, 4) is 0 Å². The van der Waals surface area contributed by atoms with E-state index >= 15 is 0 Å². The zero-order valence-electron chi connectivity index (χ0n) is 13.2. The first-order chi connectivity index (χ1) is 11.7. The number of fused-ring (bicyclic) bond motifs is 1. The van der Waals surface area contributed by atoms with Crippen LogP contribution in [0, 0.1) is 0 Å². The number of nitrogens with two attached hydrogens (primary N) is 1. The maximum Gasteiger partial charge on any atom is 0.322 e.